The van der Waals surface area contributed by atoms with Gasteiger partial charge in [-0.15, -0.1) is 0 Å². The van der Waals surface area contributed by atoms with Gasteiger partial charge in [0.05, 0.1) is 15.9 Å². The minimum absolute atomic E-state index is 0.140. The van der Waals surface area contributed by atoms with E-state index in [1.54, 1.807) is 4.68 Å². The lowest BCUT2D eigenvalue weighted by Crippen LogP contribution is -2.33. The van der Waals surface area contributed by atoms with Gasteiger partial charge < -0.3 is 5.73 Å². The van der Waals surface area contributed by atoms with Gasteiger partial charge in [0, 0.05) is 19.4 Å². The van der Waals surface area contributed by atoms with E-state index < -0.39 is 0 Å². The van der Waals surface area contributed by atoms with Crippen LogP contribution in [-0.4, -0.2) is 22.1 Å². The molecular formula is C14H22BrN3O. The predicted octanol–water partition coefficient (Wildman–Crippen LogP) is 2.37. The van der Waals surface area contributed by atoms with Crippen molar-refractivity contribution in [2.75, 3.05) is 6.54 Å². The summed E-state index contributed by atoms with van der Waals surface area (Å²) in [4.78, 5) is 12.5. The lowest BCUT2D eigenvalue weighted by Gasteiger charge is -2.29. The van der Waals surface area contributed by atoms with E-state index in [4.69, 9.17) is 5.73 Å². The Hall–Kier alpha value is -0.680. The zero-order chi connectivity index (χ0) is 14.0. The van der Waals surface area contributed by atoms with Crippen molar-refractivity contribution in [2.24, 2.45) is 24.6 Å². The molecule has 1 aliphatic carbocycles. The van der Waals surface area contributed by atoms with Gasteiger partial charge in [-0.25, -0.2) is 0 Å². The van der Waals surface area contributed by atoms with Crippen molar-refractivity contribution in [3.05, 3.63) is 15.9 Å². The maximum atomic E-state index is 12.5. The van der Waals surface area contributed by atoms with Crippen LogP contribution in [0.2, 0.25) is 0 Å². The molecule has 2 atom stereocenters. The average molecular weight is 328 g/mol. The fourth-order valence-corrected chi connectivity index (χ4v) is 3.56. The standard InChI is InChI=1S/C14H22BrN3O/c1-9-14(15)12(18(2)17-9)7-13(19)11-6-4-3-5-10(11)8-16/h10-11H,3-8,16H2,1-2H3. The molecule has 5 heteroatoms. The third-order valence-corrected chi connectivity index (χ3v) is 5.26. The number of aryl methyl sites for hydroxylation is 2. The minimum Gasteiger partial charge on any atom is -0.330 e. The Morgan fingerprint density at radius 3 is 2.74 bits per heavy atom. The first-order valence-corrected chi connectivity index (χ1v) is 7.74. The van der Waals surface area contributed by atoms with E-state index in [-0.39, 0.29) is 5.92 Å². The molecule has 2 unspecified atom stereocenters. The largest absolute Gasteiger partial charge is 0.330 e. The lowest BCUT2D eigenvalue weighted by molar-refractivity contribution is -0.124. The van der Waals surface area contributed by atoms with E-state index in [0.29, 0.717) is 24.7 Å². The van der Waals surface area contributed by atoms with Crippen molar-refractivity contribution in [3.63, 3.8) is 0 Å². The Kier molecular flexibility index (Phi) is 4.79. The van der Waals surface area contributed by atoms with Crippen molar-refractivity contribution >= 4 is 21.7 Å². The molecule has 1 saturated carbocycles. The van der Waals surface area contributed by atoms with Crippen LogP contribution in [-0.2, 0) is 18.3 Å². The summed E-state index contributed by atoms with van der Waals surface area (Å²) in [5, 5.41) is 4.34. The Bertz CT molecular complexity index is 470. The number of carbonyl (C=O) groups excluding carboxylic acids is 1. The van der Waals surface area contributed by atoms with Crippen LogP contribution in [0.15, 0.2) is 4.47 Å². The van der Waals surface area contributed by atoms with Gasteiger partial charge in [0.15, 0.2) is 0 Å². The van der Waals surface area contributed by atoms with Gasteiger partial charge in [-0.3, -0.25) is 9.48 Å². The number of rotatable bonds is 4. The second kappa shape index (κ2) is 6.18. The van der Waals surface area contributed by atoms with Crippen LogP contribution in [0, 0.1) is 18.8 Å². The number of nitrogens with two attached hydrogens (primary N) is 1. The highest BCUT2D eigenvalue weighted by Gasteiger charge is 2.30. The van der Waals surface area contributed by atoms with Crippen LogP contribution < -0.4 is 5.73 Å². The van der Waals surface area contributed by atoms with Gasteiger partial charge in [0.2, 0.25) is 0 Å². The van der Waals surface area contributed by atoms with Gasteiger partial charge in [-0.05, 0) is 48.2 Å². The number of hydrogen-bond donors (Lipinski definition) is 1. The van der Waals surface area contributed by atoms with Crippen LogP contribution >= 0.6 is 15.9 Å². The van der Waals surface area contributed by atoms with Crippen LogP contribution in [0.4, 0.5) is 0 Å². The molecule has 1 aromatic rings. The molecule has 0 saturated heterocycles. The second-order valence-corrected chi connectivity index (χ2v) is 6.29. The maximum absolute atomic E-state index is 12.5. The van der Waals surface area contributed by atoms with E-state index in [1.807, 2.05) is 14.0 Å². The molecule has 0 bridgehead atoms. The molecular weight excluding hydrogens is 306 g/mol. The number of nitrogens with zero attached hydrogens (tertiary/aromatic N) is 2. The molecule has 0 aliphatic heterocycles. The van der Waals surface area contributed by atoms with Crippen molar-refractivity contribution < 1.29 is 4.79 Å². The zero-order valence-electron chi connectivity index (χ0n) is 11.7. The molecule has 1 aromatic heterocycles. The van der Waals surface area contributed by atoms with E-state index in [0.717, 1.165) is 35.1 Å². The van der Waals surface area contributed by atoms with E-state index in [2.05, 4.69) is 21.0 Å². The first-order chi connectivity index (χ1) is 9.04. The lowest BCUT2D eigenvalue weighted by atomic mass is 9.76. The number of Topliss-reactive ketones (excluding diaryl/α,β-unsaturated/α-hetero) is 1. The molecule has 0 aromatic carbocycles. The fourth-order valence-electron chi connectivity index (χ4n) is 3.08. The van der Waals surface area contributed by atoms with Crippen molar-refractivity contribution in [2.45, 2.75) is 39.0 Å². The summed E-state index contributed by atoms with van der Waals surface area (Å²) in [7, 11) is 1.89. The first kappa shape index (κ1) is 14.7. The molecule has 0 spiro atoms. The van der Waals surface area contributed by atoms with Gasteiger partial charge in [-0.1, -0.05) is 12.8 Å². The monoisotopic (exact) mass is 327 g/mol. The Labute approximate surface area is 122 Å². The Morgan fingerprint density at radius 2 is 2.16 bits per heavy atom. The third kappa shape index (κ3) is 3.08. The van der Waals surface area contributed by atoms with Gasteiger partial charge in [-0.2, -0.15) is 5.10 Å². The van der Waals surface area contributed by atoms with Gasteiger partial charge in [0.1, 0.15) is 5.78 Å². The SMILES string of the molecule is Cc1nn(C)c(CC(=O)C2CCCCC2CN)c1Br. The summed E-state index contributed by atoms with van der Waals surface area (Å²) in [6, 6.07) is 0. The molecule has 106 valence electrons. The molecule has 1 aliphatic rings. The molecule has 1 fully saturated rings. The Morgan fingerprint density at radius 1 is 1.47 bits per heavy atom. The summed E-state index contributed by atoms with van der Waals surface area (Å²) in [5.74, 6) is 0.828. The number of carbonyl (C=O) groups is 1. The molecule has 2 N–H and O–H groups in total. The number of halogens is 1. The topological polar surface area (TPSA) is 60.9 Å². The van der Waals surface area contributed by atoms with Gasteiger partial charge >= 0.3 is 0 Å². The Balaban J connectivity index is 2.11. The normalized spacial score (nSPS) is 23.6. The van der Waals surface area contributed by atoms with Crippen LogP contribution in [0.25, 0.3) is 0 Å². The van der Waals surface area contributed by atoms with Crippen LogP contribution in [0.1, 0.15) is 37.1 Å². The molecule has 0 radical (unpaired) electrons. The highest BCUT2D eigenvalue weighted by Crippen LogP contribution is 2.31. The van der Waals surface area contributed by atoms with Crippen molar-refractivity contribution in [3.8, 4) is 0 Å². The van der Waals surface area contributed by atoms with Crippen LogP contribution in [0.5, 0.6) is 0 Å². The zero-order valence-corrected chi connectivity index (χ0v) is 13.2. The third-order valence-electron chi connectivity index (χ3n) is 4.23. The molecule has 19 heavy (non-hydrogen) atoms. The molecule has 0 amide bonds. The van der Waals surface area contributed by atoms with Crippen LogP contribution in [0.3, 0.4) is 0 Å². The quantitative estimate of drug-likeness (QED) is 0.923. The molecule has 1 heterocycles. The smallest absolute Gasteiger partial charge is 0.142 e. The fraction of sp³-hybridized carbons (Fsp3) is 0.714. The van der Waals surface area contributed by atoms with E-state index in [1.165, 1.54) is 6.42 Å². The summed E-state index contributed by atoms with van der Waals surface area (Å²) in [6.45, 7) is 2.57. The number of aromatic nitrogens is 2. The first-order valence-electron chi connectivity index (χ1n) is 6.95. The van der Waals surface area contributed by atoms with Gasteiger partial charge in [0.25, 0.3) is 0 Å². The average Bonchev–Trinajstić information content (AvgIpc) is 2.65. The van der Waals surface area contributed by atoms with E-state index in [9.17, 15) is 4.79 Å². The number of ketones is 1. The summed E-state index contributed by atoms with van der Waals surface area (Å²) in [5.41, 5.74) is 7.72. The maximum Gasteiger partial charge on any atom is 0.142 e. The predicted molar refractivity (Wildman–Crippen MR) is 78.9 cm³/mol. The number of hydrogen-bond acceptors (Lipinski definition) is 3. The second-order valence-electron chi connectivity index (χ2n) is 5.50. The summed E-state index contributed by atoms with van der Waals surface area (Å²) in [6.07, 6.45) is 4.91. The highest BCUT2D eigenvalue weighted by molar-refractivity contribution is 9.10. The summed E-state index contributed by atoms with van der Waals surface area (Å²) < 4.78 is 2.76. The molecule has 4 nitrogen and oxygen atoms in total. The van der Waals surface area contributed by atoms with Crippen molar-refractivity contribution in [1.29, 1.82) is 0 Å². The van der Waals surface area contributed by atoms with Crippen molar-refractivity contribution in [1.82, 2.24) is 9.78 Å². The highest BCUT2D eigenvalue weighted by atomic mass is 79.9. The minimum atomic E-state index is 0.140. The van der Waals surface area contributed by atoms with E-state index >= 15 is 0 Å². The summed E-state index contributed by atoms with van der Waals surface area (Å²) >= 11 is 3.53. The molecule has 2 rings (SSSR count).